The summed E-state index contributed by atoms with van der Waals surface area (Å²) in [7, 11) is 2.73. The van der Waals surface area contributed by atoms with Gasteiger partial charge in [-0.15, -0.1) is 0 Å². The van der Waals surface area contributed by atoms with Gasteiger partial charge in [-0.1, -0.05) is 6.07 Å². The van der Waals surface area contributed by atoms with Crippen LogP contribution in [0.25, 0.3) is 0 Å². The number of esters is 1. The van der Waals surface area contributed by atoms with Gasteiger partial charge in [0.2, 0.25) is 11.8 Å². The third-order valence-corrected chi connectivity index (χ3v) is 2.41. The van der Waals surface area contributed by atoms with Crippen LogP contribution in [0.3, 0.4) is 0 Å². The molecule has 0 aliphatic carbocycles. The smallest absolute Gasteiger partial charge is 0.328 e. The van der Waals surface area contributed by atoms with Gasteiger partial charge >= 0.3 is 5.97 Å². The van der Waals surface area contributed by atoms with E-state index in [2.05, 4.69) is 15.0 Å². The number of carbonyl (C=O) groups excluding carboxylic acids is 2. The van der Waals surface area contributed by atoms with Crippen LogP contribution in [0.15, 0.2) is 18.3 Å². The summed E-state index contributed by atoms with van der Waals surface area (Å²) < 4.78 is 9.51. The van der Waals surface area contributed by atoms with Crippen LogP contribution in [-0.4, -0.2) is 48.8 Å². The second-order valence-corrected chi connectivity index (χ2v) is 3.71. The Kier molecular flexibility index (Phi) is 5.74. The summed E-state index contributed by atoms with van der Waals surface area (Å²) in [5, 5.41) is 11.1. The van der Waals surface area contributed by atoms with Gasteiger partial charge in [-0.05, 0) is 5.56 Å². The predicted octanol–water partition coefficient (Wildman–Crippen LogP) is -0.717. The second kappa shape index (κ2) is 7.32. The molecule has 0 radical (unpaired) electrons. The van der Waals surface area contributed by atoms with Crippen LogP contribution in [0.2, 0.25) is 0 Å². The predicted molar refractivity (Wildman–Crippen MR) is 65.5 cm³/mol. The van der Waals surface area contributed by atoms with Crippen LogP contribution in [0.4, 0.5) is 0 Å². The first-order chi connectivity index (χ1) is 9.10. The Balaban J connectivity index is 2.75. The number of aliphatic hydroxyl groups excluding tert-OH is 1. The summed E-state index contributed by atoms with van der Waals surface area (Å²) in [6, 6.07) is 2.52. The van der Waals surface area contributed by atoms with E-state index in [0.717, 1.165) is 5.56 Å². The van der Waals surface area contributed by atoms with Gasteiger partial charge in [0.1, 0.15) is 12.6 Å². The minimum absolute atomic E-state index is 0.218. The molecule has 1 heterocycles. The van der Waals surface area contributed by atoms with Gasteiger partial charge in [0.15, 0.2) is 0 Å². The third-order valence-electron chi connectivity index (χ3n) is 2.41. The number of ether oxygens (including phenoxy) is 2. The molecule has 1 amide bonds. The lowest BCUT2D eigenvalue weighted by molar-refractivity contribution is -0.145. The molecule has 0 bridgehead atoms. The molecule has 0 saturated carbocycles. The molecule has 7 heteroatoms. The molecule has 1 aromatic rings. The molecule has 0 saturated heterocycles. The van der Waals surface area contributed by atoms with Crippen molar-refractivity contribution in [3.05, 3.63) is 23.9 Å². The molecule has 1 rings (SSSR count). The Morgan fingerprint density at radius 2 is 2.16 bits per heavy atom. The average Bonchev–Trinajstić information content (AvgIpc) is 2.46. The molecule has 19 heavy (non-hydrogen) atoms. The van der Waals surface area contributed by atoms with Gasteiger partial charge in [-0.2, -0.15) is 0 Å². The Morgan fingerprint density at radius 3 is 2.63 bits per heavy atom. The number of pyridine rings is 1. The highest BCUT2D eigenvalue weighted by molar-refractivity contribution is 5.85. The summed E-state index contributed by atoms with van der Waals surface area (Å²) in [5.41, 5.74) is 0.731. The van der Waals surface area contributed by atoms with E-state index in [1.54, 1.807) is 18.3 Å². The van der Waals surface area contributed by atoms with Crippen molar-refractivity contribution in [1.29, 1.82) is 0 Å². The van der Waals surface area contributed by atoms with Gasteiger partial charge < -0.3 is 19.9 Å². The highest BCUT2D eigenvalue weighted by Crippen LogP contribution is 2.09. The molecule has 0 spiro atoms. The fourth-order valence-electron chi connectivity index (χ4n) is 1.46. The zero-order valence-corrected chi connectivity index (χ0v) is 10.8. The third kappa shape index (κ3) is 4.55. The summed E-state index contributed by atoms with van der Waals surface area (Å²) in [4.78, 5) is 26.7. The lowest BCUT2D eigenvalue weighted by Gasteiger charge is -2.15. The Morgan fingerprint density at radius 1 is 1.42 bits per heavy atom. The molecule has 0 unspecified atom stereocenters. The lowest BCUT2D eigenvalue weighted by Crippen LogP contribution is -2.44. The maximum Gasteiger partial charge on any atom is 0.328 e. The number of amides is 1. The molecule has 2 N–H and O–H groups in total. The van der Waals surface area contributed by atoms with E-state index < -0.39 is 24.5 Å². The molecule has 104 valence electrons. The number of rotatable bonds is 6. The second-order valence-electron chi connectivity index (χ2n) is 3.71. The van der Waals surface area contributed by atoms with Crippen molar-refractivity contribution >= 4 is 11.9 Å². The van der Waals surface area contributed by atoms with Crippen LogP contribution in [0.5, 0.6) is 5.88 Å². The van der Waals surface area contributed by atoms with Crippen LogP contribution in [-0.2, 0) is 20.7 Å². The van der Waals surface area contributed by atoms with Gasteiger partial charge in [0.25, 0.3) is 0 Å². The molecule has 0 fully saturated rings. The van der Waals surface area contributed by atoms with E-state index in [-0.39, 0.29) is 6.42 Å². The van der Waals surface area contributed by atoms with E-state index in [0.29, 0.717) is 5.88 Å². The summed E-state index contributed by atoms with van der Waals surface area (Å²) in [6.07, 6.45) is 1.76. The monoisotopic (exact) mass is 268 g/mol. The lowest BCUT2D eigenvalue weighted by atomic mass is 10.1. The summed E-state index contributed by atoms with van der Waals surface area (Å²) in [5.74, 6) is -0.771. The quantitative estimate of drug-likeness (QED) is 0.661. The number of nitrogens with one attached hydrogen (secondary N) is 1. The molecular weight excluding hydrogens is 252 g/mol. The number of hydrogen-bond donors (Lipinski definition) is 2. The van der Waals surface area contributed by atoms with Crippen molar-refractivity contribution in [1.82, 2.24) is 10.3 Å². The average molecular weight is 268 g/mol. The molecule has 0 aromatic carbocycles. The summed E-state index contributed by atoms with van der Waals surface area (Å²) in [6.45, 7) is -0.686. The van der Waals surface area contributed by atoms with Crippen molar-refractivity contribution in [3.63, 3.8) is 0 Å². The van der Waals surface area contributed by atoms with E-state index in [4.69, 9.17) is 9.84 Å². The maximum absolute atomic E-state index is 11.5. The first-order valence-electron chi connectivity index (χ1n) is 5.57. The van der Waals surface area contributed by atoms with Crippen LogP contribution in [0.1, 0.15) is 5.56 Å². The zero-order valence-electron chi connectivity index (χ0n) is 10.8. The van der Waals surface area contributed by atoms with Crippen molar-refractivity contribution in [2.45, 2.75) is 12.5 Å². The number of hydrogen-bond acceptors (Lipinski definition) is 6. The number of carbonyl (C=O) groups is 2. The van der Waals surface area contributed by atoms with Gasteiger partial charge in [-0.25, -0.2) is 9.78 Å². The molecule has 0 aliphatic rings. The fourth-order valence-corrected chi connectivity index (χ4v) is 1.46. The molecule has 0 aliphatic heterocycles. The van der Waals surface area contributed by atoms with Crippen LogP contribution in [0, 0.1) is 0 Å². The summed E-state index contributed by atoms with van der Waals surface area (Å²) >= 11 is 0. The number of aliphatic hydroxyl groups is 1. The molecule has 1 atom stereocenters. The van der Waals surface area contributed by atoms with Gasteiger partial charge in [-0.3, -0.25) is 4.79 Å². The van der Waals surface area contributed by atoms with E-state index in [9.17, 15) is 9.59 Å². The maximum atomic E-state index is 11.5. The van der Waals surface area contributed by atoms with Crippen molar-refractivity contribution < 1.29 is 24.2 Å². The van der Waals surface area contributed by atoms with E-state index >= 15 is 0 Å². The normalized spacial score (nSPS) is 11.5. The first-order valence-corrected chi connectivity index (χ1v) is 5.57. The van der Waals surface area contributed by atoms with Gasteiger partial charge in [0.05, 0.1) is 14.2 Å². The van der Waals surface area contributed by atoms with Crippen LogP contribution >= 0.6 is 0 Å². The number of methoxy groups -OCH3 is 2. The Bertz CT molecular complexity index is 432. The highest BCUT2D eigenvalue weighted by Gasteiger charge is 2.21. The van der Waals surface area contributed by atoms with Crippen molar-refractivity contribution in [3.8, 4) is 5.88 Å². The van der Waals surface area contributed by atoms with E-state index in [1.807, 2.05) is 0 Å². The minimum Gasteiger partial charge on any atom is -0.481 e. The number of aromatic nitrogens is 1. The fraction of sp³-hybridized carbons (Fsp3) is 0.417. The van der Waals surface area contributed by atoms with Crippen LogP contribution < -0.4 is 10.1 Å². The molecular formula is C12H16N2O5. The first kappa shape index (κ1) is 14.9. The van der Waals surface area contributed by atoms with E-state index in [1.165, 1.54) is 14.2 Å². The van der Waals surface area contributed by atoms with Crippen molar-refractivity contribution in [2.24, 2.45) is 0 Å². The standard InChI is InChI=1S/C12H16N2O5/c1-18-11-4-3-8(6-13-11)5-9(12(17)19-2)14-10(16)7-15/h3-4,6,9,15H,5,7H2,1-2H3,(H,14,16)/t9-/m1/s1. The molecule has 7 nitrogen and oxygen atoms in total. The topological polar surface area (TPSA) is 97.8 Å². The molecule has 1 aromatic heterocycles. The highest BCUT2D eigenvalue weighted by atomic mass is 16.5. The zero-order chi connectivity index (χ0) is 14.3. The van der Waals surface area contributed by atoms with Crippen molar-refractivity contribution in [2.75, 3.05) is 20.8 Å². The Labute approximate surface area is 110 Å². The number of nitrogens with zero attached hydrogens (tertiary/aromatic N) is 1. The van der Waals surface area contributed by atoms with Gasteiger partial charge in [0, 0.05) is 18.7 Å². The SMILES string of the molecule is COC(=O)[C@@H](Cc1ccc(OC)nc1)NC(=O)CO. The minimum atomic E-state index is -0.861. The Hall–Kier alpha value is -2.15. The largest absolute Gasteiger partial charge is 0.481 e.